The first-order valence-electron chi connectivity index (χ1n) is 12.8. The van der Waals surface area contributed by atoms with Crippen molar-refractivity contribution in [2.75, 3.05) is 31.9 Å². The van der Waals surface area contributed by atoms with Gasteiger partial charge in [-0.05, 0) is 42.8 Å². The molecule has 0 radical (unpaired) electrons. The number of para-hydroxylation sites is 1. The number of nitrogen functional groups attached to an aromatic ring is 1. The maximum absolute atomic E-state index is 15.4. The van der Waals surface area contributed by atoms with Gasteiger partial charge in [0.2, 0.25) is 0 Å². The second kappa shape index (κ2) is 11.7. The van der Waals surface area contributed by atoms with Crippen molar-refractivity contribution in [1.29, 1.82) is 0 Å². The van der Waals surface area contributed by atoms with E-state index in [9.17, 15) is 13.2 Å². The Bertz CT molecular complexity index is 1490. The Morgan fingerprint density at radius 2 is 1.71 bits per heavy atom. The predicted molar refractivity (Wildman–Crippen MR) is 142 cm³/mol. The minimum Gasteiger partial charge on any atom is -0.475 e. The molecule has 2 fully saturated rings. The number of aliphatic carboxylic acids is 1. The van der Waals surface area contributed by atoms with Crippen molar-refractivity contribution in [2.45, 2.75) is 30.9 Å². The molecule has 2 aromatic carbocycles. The van der Waals surface area contributed by atoms with Crippen LogP contribution in [-0.2, 0) is 4.79 Å². The Kier molecular flexibility index (Phi) is 8.03. The van der Waals surface area contributed by atoms with E-state index >= 15 is 4.39 Å². The molecule has 2 aliphatic heterocycles. The van der Waals surface area contributed by atoms with Crippen LogP contribution in [0.5, 0.6) is 11.5 Å². The van der Waals surface area contributed by atoms with Crippen LogP contribution in [-0.4, -0.2) is 80.3 Å². The zero-order chi connectivity index (χ0) is 29.1. The van der Waals surface area contributed by atoms with Crippen LogP contribution in [0.2, 0.25) is 0 Å². The van der Waals surface area contributed by atoms with Crippen molar-refractivity contribution >= 4 is 22.8 Å². The molecule has 0 saturated carbocycles. The molecule has 2 atom stereocenters. The van der Waals surface area contributed by atoms with Crippen LogP contribution in [0.3, 0.4) is 0 Å². The largest absolute Gasteiger partial charge is 0.490 e. The van der Waals surface area contributed by atoms with Crippen LogP contribution in [0, 0.1) is 0 Å². The molecule has 4 aromatic rings. The Hall–Kier alpha value is -4.30. The fourth-order valence-electron chi connectivity index (χ4n) is 4.79. The summed E-state index contributed by atoms with van der Waals surface area (Å²) in [7, 11) is 0. The Morgan fingerprint density at radius 3 is 2.29 bits per heavy atom. The highest BCUT2D eigenvalue weighted by Crippen LogP contribution is 2.36. The Morgan fingerprint density at radius 1 is 1.05 bits per heavy atom. The van der Waals surface area contributed by atoms with Crippen molar-refractivity contribution < 1.29 is 32.2 Å². The highest BCUT2D eigenvalue weighted by Gasteiger charge is 2.38. The number of hydrogen-bond acceptors (Lipinski definition) is 8. The topological polar surface area (TPSA) is 131 Å². The molecule has 0 spiro atoms. The van der Waals surface area contributed by atoms with Gasteiger partial charge in [-0.3, -0.25) is 4.90 Å². The summed E-state index contributed by atoms with van der Waals surface area (Å²) in [5, 5.41) is 15.9. The van der Waals surface area contributed by atoms with Gasteiger partial charge in [-0.15, -0.1) is 0 Å². The second-order valence-corrected chi connectivity index (χ2v) is 9.67. The number of carboxylic acids is 1. The van der Waals surface area contributed by atoms with Gasteiger partial charge >= 0.3 is 12.1 Å². The van der Waals surface area contributed by atoms with Gasteiger partial charge in [0.1, 0.15) is 35.5 Å². The number of carboxylic acid groups (broad SMARTS) is 1. The molecular formula is C27H27F4N7O3. The minimum absolute atomic E-state index is 0.337. The molecule has 10 nitrogen and oxygen atoms in total. The maximum atomic E-state index is 15.4. The van der Waals surface area contributed by atoms with E-state index in [4.69, 9.17) is 25.5 Å². The molecule has 4 N–H and O–H groups in total. The van der Waals surface area contributed by atoms with Gasteiger partial charge in [0.15, 0.2) is 5.65 Å². The zero-order valence-electron chi connectivity index (χ0n) is 21.6. The Labute approximate surface area is 231 Å². The molecule has 0 unspecified atom stereocenters. The molecule has 0 bridgehead atoms. The number of likely N-dealkylation sites (tertiary alicyclic amines) is 1. The molecule has 14 heteroatoms. The molecule has 0 aliphatic carbocycles. The smallest absolute Gasteiger partial charge is 0.475 e. The third kappa shape index (κ3) is 6.23. The normalized spacial score (nSPS) is 19.7. The summed E-state index contributed by atoms with van der Waals surface area (Å²) in [4.78, 5) is 19.8. The van der Waals surface area contributed by atoms with Gasteiger partial charge in [-0.2, -0.15) is 18.3 Å². The molecular weight excluding hydrogens is 546 g/mol. The third-order valence-electron chi connectivity index (χ3n) is 7.00. The van der Waals surface area contributed by atoms with Crippen molar-refractivity contribution in [1.82, 2.24) is 30.0 Å². The van der Waals surface area contributed by atoms with E-state index < -0.39 is 24.4 Å². The standard InChI is InChI=1S/C25H26FN7O.C2HF3O2/c26-20-14-32(17-12-28-13-17)11-10-21(20)33-25-22(24(27)29-15-30-25)23(31-33)16-6-8-19(9-7-16)34-18-4-2-1-3-5-18;3-2(4,5)1(6)7/h1-9,15,17,20-21,28H,10-14H2,(H2,27,29,30);(H,6,7)/t20-,21-;/m1./s1. The average molecular weight is 574 g/mol. The quantitative estimate of drug-likeness (QED) is 0.303. The first-order chi connectivity index (χ1) is 19.6. The van der Waals surface area contributed by atoms with Gasteiger partial charge in [-0.25, -0.2) is 23.8 Å². The molecule has 2 saturated heterocycles. The number of piperidine rings is 1. The molecule has 2 aromatic heterocycles. The first kappa shape index (κ1) is 28.2. The number of anilines is 1. The molecule has 0 amide bonds. The first-order valence-corrected chi connectivity index (χ1v) is 12.8. The van der Waals surface area contributed by atoms with E-state index in [0.717, 1.165) is 30.9 Å². The predicted octanol–water partition coefficient (Wildman–Crippen LogP) is 4.06. The molecule has 6 rings (SSSR count). The van der Waals surface area contributed by atoms with E-state index in [1.165, 1.54) is 6.33 Å². The fourth-order valence-corrected chi connectivity index (χ4v) is 4.79. The number of fused-ring (bicyclic) bond motifs is 1. The third-order valence-corrected chi connectivity index (χ3v) is 7.00. The fraction of sp³-hybridized carbons (Fsp3) is 0.333. The monoisotopic (exact) mass is 573 g/mol. The van der Waals surface area contributed by atoms with Crippen LogP contribution < -0.4 is 15.8 Å². The number of carbonyl (C=O) groups is 1. The summed E-state index contributed by atoms with van der Waals surface area (Å²) >= 11 is 0. The molecule has 216 valence electrons. The number of nitrogens with zero attached hydrogens (tertiary/aromatic N) is 5. The highest BCUT2D eigenvalue weighted by atomic mass is 19.4. The van der Waals surface area contributed by atoms with Crippen LogP contribution in [0.25, 0.3) is 22.3 Å². The number of alkyl halides is 4. The lowest BCUT2D eigenvalue weighted by Gasteiger charge is -2.43. The number of benzene rings is 2. The second-order valence-electron chi connectivity index (χ2n) is 9.67. The summed E-state index contributed by atoms with van der Waals surface area (Å²) < 4.78 is 54.8. The average Bonchev–Trinajstić information content (AvgIpc) is 3.29. The SMILES string of the molecule is Nc1ncnc2c1c(-c1ccc(Oc3ccccc3)cc1)nn2[C@@H]1CCN(C2CNC2)C[C@H]1F.O=C(O)C(F)(F)F. The van der Waals surface area contributed by atoms with E-state index in [-0.39, 0.29) is 0 Å². The number of nitrogens with two attached hydrogens (primary N) is 1. The van der Waals surface area contributed by atoms with Gasteiger partial charge in [0.25, 0.3) is 0 Å². The molecule has 4 heterocycles. The van der Waals surface area contributed by atoms with Crippen LogP contribution >= 0.6 is 0 Å². The van der Waals surface area contributed by atoms with Crippen molar-refractivity contribution in [3.8, 4) is 22.8 Å². The van der Waals surface area contributed by atoms with Crippen LogP contribution in [0.4, 0.5) is 23.4 Å². The van der Waals surface area contributed by atoms with Crippen molar-refractivity contribution in [2.24, 2.45) is 0 Å². The van der Waals surface area contributed by atoms with Crippen LogP contribution in [0.15, 0.2) is 60.9 Å². The van der Waals surface area contributed by atoms with Gasteiger partial charge in [0.05, 0.1) is 11.4 Å². The number of nitrogens with one attached hydrogen (secondary N) is 1. The van der Waals surface area contributed by atoms with Crippen molar-refractivity contribution in [3.63, 3.8) is 0 Å². The molecule has 2 aliphatic rings. The number of halogens is 4. The van der Waals surface area contributed by atoms with Crippen molar-refractivity contribution in [3.05, 3.63) is 60.9 Å². The lowest BCUT2D eigenvalue weighted by atomic mass is 9.99. The number of rotatable bonds is 5. The summed E-state index contributed by atoms with van der Waals surface area (Å²) in [5.41, 5.74) is 8.32. The number of aromatic nitrogens is 4. The number of ether oxygens (including phenoxy) is 1. The summed E-state index contributed by atoms with van der Waals surface area (Å²) in [5.74, 6) is -0.943. The maximum Gasteiger partial charge on any atom is 0.490 e. The zero-order valence-corrected chi connectivity index (χ0v) is 21.6. The lowest BCUT2D eigenvalue weighted by Crippen LogP contribution is -2.60. The van der Waals surface area contributed by atoms with E-state index in [2.05, 4.69) is 20.2 Å². The van der Waals surface area contributed by atoms with E-state index in [1.807, 2.05) is 54.6 Å². The highest BCUT2D eigenvalue weighted by molar-refractivity contribution is 5.98. The van der Waals surface area contributed by atoms with Gasteiger partial charge in [-0.1, -0.05) is 18.2 Å². The van der Waals surface area contributed by atoms with Gasteiger partial charge < -0.3 is 20.9 Å². The van der Waals surface area contributed by atoms with E-state index in [1.54, 1.807) is 4.68 Å². The molecule has 41 heavy (non-hydrogen) atoms. The Balaban J connectivity index is 0.000000431. The summed E-state index contributed by atoms with van der Waals surface area (Å²) in [6, 6.07) is 17.3. The summed E-state index contributed by atoms with van der Waals surface area (Å²) in [6.07, 6.45) is -4.04. The minimum atomic E-state index is -5.08. The van der Waals surface area contributed by atoms with Gasteiger partial charge in [0, 0.05) is 37.8 Å². The van der Waals surface area contributed by atoms with E-state index in [0.29, 0.717) is 47.3 Å². The lowest BCUT2D eigenvalue weighted by molar-refractivity contribution is -0.192. The van der Waals surface area contributed by atoms with Crippen LogP contribution in [0.1, 0.15) is 12.5 Å². The number of hydrogen-bond donors (Lipinski definition) is 3. The summed E-state index contributed by atoms with van der Waals surface area (Å²) in [6.45, 7) is 3.10.